The molecule has 0 radical (unpaired) electrons. The molecule has 134 valence electrons. The van der Waals surface area contributed by atoms with Crippen LogP contribution >= 0.6 is 0 Å². The number of aliphatic hydroxyl groups is 1. The lowest BCUT2D eigenvalue weighted by Gasteiger charge is -2.57. The highest BCUT2D eigenvalue weighted by Crippen LogP contribution is 2.51. The predicted molar refractivity (Wildman–Crippen MR) is 91.6 cm³/mol. The summed E-state index contributed by atoms with van der Waals surface area (Å²) in [6.45, 7) is 4.06. The normalized spacial score (nSPS) is 25.4. The van der Waals surface area contributed by atoms with Crippen LogP contribution in [0.4, 0.5) is 14.5 Å². The number of ether oxygens (including phenoxy) is 1. The quantitative estimate of drug-likeness (QED) is 0.925. The lowest BCUT2D eigenvalue weighted by molar-refractivity contribution is -0.199. The average molecular weight is 348 g/mol. The van der Waals surface area contributed by atoms with Gasteiger partial charge in [-0.15, -0.1) is 0 Å². The summed E-state index contributed by atoms with van der Waals surface area (Å²) in [6.07, 6.45) is 3.65. The van der Waals surface area contributed by atoms with Gasteiger partial charge in [-0.1, -0.05) is 0 Å². The van der Waals surface area contributed by atoms with Crippen molar-refractivity contribution in [2.75, 3.05) is 24.6 Å². The number of fused-ring (bicyclic) bond motifs is 1. The van der Waals surface area contributed by atoms with E-state index in [1.54, 1.807) is 12.3 Å². The molecule has 2 unspecified atom stereocenters. The van der Waals surface area contributed by atoms with Crippen LogP contribution in [0, 0.1) is 17.0 Å². The van der Waals surface area contributed by atoms with Crippen LogP contribution in [0.15, 0.2) is 24.4 Å². The van der Waals surface area contributed by atoms with Gasteiger partial charge in [0.05, 0.1) is 12.2 Å². The maximum Gasteiger partial charge on any atom is 0.152 e. The smallest absolute Gasteiger partial charge is 0.152 e. The molecule has 6 heteroatoms. The van der Waals surface area contributed by atoms with Crippen molar-refractivity contribution < 1.29 is 18.6 Å². The standard InChI is InChI=1S/C19H22F2N2O2/c1-2-25-17-11-16(24)19(17)4-7-23(8-5-19)15-3-6-22-18-13(15)9-12(20)10-14(18)21/h3,6,9-10,16-17,24H,2,4-5,7-8,11H2,1H3. The minimum absolute atomic E-state index is 0.110. The summed E-state index contributed by atoms with van der Waals surface area (Å²) >= 11 is 0. The Morgan fingerprint density at radius 3 is 2.76 bits per heavy atom. The lowest BCUT2D eigenvalue weighted by Crippen LogP contribution is -2.62. The molecule has 1 aromatic carbocycles. The summed E-state index contributed by atoms with van der Waals surface area (Å²) in [7, 11) is 0. The molecule has 0 bridgehead atoms. The van der Waals surface area contributed by atoms with Gasteiger partial charge < -0.3 is 14.7 Å². The zero-order chi connectivity index (χ0) is 17.6. The molecule has 2 aromatic rings. The maximum atomic E-state index is 14.0. The van der Waals surface area contributed by atoms with E-state index in [9.17, 15) is 13.9 Å². The largest absolute Gasteiger partial charge is 0.392 e. The van der Waals surface area contributed by atoms with Crippen LogP contribution in [0.1, 0.15) is 26.2 Å². The van der Waals surface area contributed by atoms with Gasteiger partial charge in [0.15, 0.2) is 5.82 Å². The van der Waals surface area contributed by atoms with E-state index in [1.165, 1.54) is 6.07 Å². The second-order valence-corrected chi connectivity index (χ2v) is 7.03. The maximum absolute atomic E-state index is 14.0. The number of benzene rings is 1. The van der Waals surface area contributed by atoms with Gasteiger partial charge in [0.2, 0.25) is 0 Å². The van der Waals surface area contributed by atoms with E-state index in [-0.39, 0.29) is 23.1 Å². The molecule has 1 aromatic heterocycles. The molecule has 2 atom stereocenters. The number of nitrogens with zero attached hydrogens (tertiary/aromatic N) is 2. The molecular weight excluding hydrogens is 326 g/mol. The Morgan fingerprint density at radius 2 is 2.08 bits per heavy atom. The number of pyridine rings is 1. The van der Waals surface area contributed by atoms with Crippen LogP contribution < -0.4 is 4.90 Å². The van der Waals surface area contributed by atoms with Crippen LogP contribution in [-0.4, -0.2) is 42.0 Å². The second kappa shape index (κ2) is 6.18. The van der Waals surface area contributed by atoms with E-state index in [2.05, 4.69) is 9.88 Å². The van der Waals surface area contributed by atoms with Gasteiger partial charge in [-0.3, -0.25) is 4.98 Å². The first-order valence-electron chi connectivity index (χ1n) is 8.83. The van der Waals surface area contributed by atoms with E-state index in [0.717, 1.165) is 37.7 Å². The van der Waals surface area contributed by atoms with Gasteiger partial charge in [0.25, 0.3) is 0 Å². The van der Waals surface area contributed by atoms with E-state index in [0.29, 0.717) is 18.4 Å². The third-order valence-electron chi connectivity index (χ3n) is 5.89. The van der Waals surface area contributed by atoms with Gasteiger partial charge in [0.1, 0.15) is 11.3 Å². The third-order valence-corrected chi connectivity index (χ3v) is 5.89. The molecule has 2 fully saturated rings. The molecule has 4 nitrogen and oxygen atoms in total. The molecule has 1 aliphatic carbocycles. The van der Waals surface area contributed by atoms with E-state index >= 15 is 0 Å². The van der Waals surface area contributed by atoms with E-state index < -0.39 is 11.6 Å². The zero-order valence-corrected chi connectivity index (χ0v) is 14.2. The Hall–Kier alpha value is -1.79. The number of piperidine rings is 1. The number of rotatable bonds is 3. The Bertz CT molecular complexity index is 788. The van der Waals surface area contributed by atoms with Crippen molar-refractivity contribution >= 4 is 16.6 Å². The monoisotopic (exact) mass is 348 g/mol. The SMILES string of the molecule is CCOC1CC(O)C12CCN(c1ccnc3c(F)cc(F)cc13)CC2. The summed E-state index contributed by atoms with van der Waals surface area (Å²) in [4.78, 5) is 6.18. The molecular formula is C19H22F2N2O2. The molecule has 0 amide bonds. The van der Waals surface area contributed by atoms with Crippen molar-refractivity contribution in [1.29, 1.82) is 0 Å². The Balaban J connectivity index is 1.60. The van der Waals surface area contributed by atoms with Crippen LogP contribution in [0.25, 0.3) is 10.9 Å². The van der Waals surface area contributed by atoms with Gasteiger partial charge in [-0.25, -0.2) is 8.78 Å². The number of halogens is 2. The number of anilines is 1. The number of aromatic nitrogens is 1. The van der Waals surface area contributed by atoms with Crippen molar-refractivity contribution in [2.45, 2.75) is 38.4 Å². The van der Waals surface area contributed by atoms with Crippen molar-refractivity contribution in [1.82, 2.24) is 4.98 Å². The molecule has 1 N–H and O–H groups in total. The van der Waals surface area contributed by atoms with Crippen LogP contribution in [0.2, 0.25) is 0 Å². The summed E-state index contributed by atoms with van der Waals surface area (Å²) in [5.74, 6) is -1.24. The summed E-state index contributed by atoms with van der Waals surface area (Å²) in [5, 5.41) is 10.8. The molecule has 1 saturated heterocycles. The summed E-state index contributed by atoms with van der Waals surface area (Å²) in [5.41, 5.74) is 0.807. The molecule has 1 aliphatic heterocycles. The van der Waals surface area contributed by atoms with Gasteiger partial charge in [-0.2, -0.15) is 0 Å². The summed E-state index contributed by atoms with van der Waals surface area (Å²) < 4.78 is 33.5. The summed E-state index contributed by atoms with van der Waals surface area (Å²) in [6, 6.07) is 4.00. The fraction of sp³-hybridized carbons (Fsp3) is 0.526. The Morgan fingerprint density at radius 1 is 1.32 bits per heavy atom. The molecule has 25 heavy (non-hydrogen) atoms. The van der Waals surface area contributed by atoms with Crippen molar-refractivity contribution in [3.05, 3.63) is 36.0 Å². The molecule has 1 saturated carbocycles. The minimum Gasteiger partial charge on any atom is -0.392 e. The van der Waals surface area contributed by atoms with Crippen molar-refractivity contribution in [2.24, 2.45) is 5.41 Å². The minimum atomic E-state index is -0.642. The van der Waals surface area contributed by atoms with Crippen LogP contribution in [0.5, 0.6) is 0 Å². The highest BCUT2D eigenvalue weighted by molar-refractivity contribution is 5.92. The highest BCUT2D eigenvalue weighted by atomic mass is 19.1. The fourth-order valence-electron chi connectivity index (χ4n) is 4.42. The average Bonchev–Trinajstić information content (AvgIpc) is 2.61. The second-order valence-electron chi connectivity index (χ2n) is 7.03. The van der Waals surface area contributed by atoms with E-state index in [4.69, 9.17) is 4.74 Å². The number of aliphatic hydroxyl groups excluding tert-OH is 1. The van der Waals surface area contributed by atoms with Gasteiger partial charge in [0, 0.05) is 54.9 Å². The number of hydrogen-bond donors (Lipinski definition) is 1. The van der Waals surface area contributed by atoms with Crippen molar-refractivity contribution in [3.8, 4) is 0 Å². The first kappa shape index (κ1) is 16.7. The fourth-order valence-corrected chi connectivity index (χ4v) is 4.42. The van der Waals surface area contributed by atoms with E-state index in [1.807, 2.05) is 6.92 Å². The van der Waals surface area contributed by atoms with Crippen molar-refractivity contribution in [3.63, 3.8) is 0 Å². The number of hydrogen-bond acceptors (Lipinski definition) is 4. The van der Waals surface area contributed by atoms with Crippen LogP contribution in [0.3, 0.4) is 0 Å². The molecule has 2 heterocycles. The molecule has 4 rings (SSSR count). The first-order valence-corrected chi connectivity index (χ1v) is 8.83. The highest BCUT2D eigenvalue weighted by Gasteiger charge is 2.56. The molecule has 1 spiro atoms. The van der Waals surface area contributed by atoms with Gasteiger partial charge in [-0.05, 0) is 31.9 Å². The third kappa shape index (κ3) is 2.59. The van der Waals surface area contributed by atoms with Crippen LogP contribution in [-0.2, 0) is 4.74 Å². The topological polar surface area (TPSA) is 45.6 Å². The predicted octanol–water partition coefficient (Wildman–Crippen LogP) is 3.27. The molecule has 2 aliphatic rings. The van der Waals surface area contributed by atoms with Gasteiger partial charge >= 0.3 is 0 Å². The first-order chi connectivity index (χ1) is 12.0. The lowest BCUT2D eigenvalue weighted by atomic mass is 9.58. The Labute approximate surface area is 145 Å². The zero-order valence-electron chi connectivity index (χ0n) is 14.2. The Kier molecular flexibility index (Phi) is 4.12.